The molecular weight excluding hydrogens is 322 g/mol. The van der Waals surface area contributed by atoms with Crippen LogP contribution in [0.1, 0.15) is 19.9 Å². The summed E-state index contributed by atoms with van der Waals surface area (Å²) >= 11 is 3.31. The summed E-state index contributed by atoms with van der Waals surface area (Å²) in [6.45, 7) is 4.25. The van der Waals surface area contributed by atoms with Crippen molar-refractivity contribution in [3.05, 3.63) is 41.1 Å². The van der Waals surface area contributed by atoms with Gasteiger partial charge in [-0.05, 0) is 41.9 Å². The number of aromatic nitrogens is 2. The first-order valence-electron chi connectivity index (χ1n) is 6.34. The molecule has 2 rings (SSSR count). The summed E-state index contributed by atoms with van der Waals surface area (Å²) in [6.07, 6.45) is 3.41. The fraction of sp³-hybridized carbons (Fsp3) is 0.286. The van der Waals surface area contributed by atoms with Crippen LogP contribution in [0.25, 0.3) is 0 Å². The second-order valence-electron chi connectivity index (χ2n) is 4.23. The fourth-order valence-electron chi connectivity index (χ4n) is 1.74. The van der Waals surface area contributed by atoms with Gasteiger partial charge in [0.25, 0.3) is 0 Å². The number of carbonyl (C=O) groups is 1. The molecule has 1 amide bonds. The van der Waals surface area contributed by atoms with Crippen LogP contribution in [0.2, 0.25) is 0 Å². The maximum Gasteiger partial charge on any atom is 0.249 e. The lowest BCUT2D eigenvalue weighted by molar-refractivity contribution is -0.119. The van der Waals surface area contributed by atoms with Gasteiger partial charge < -0.3 is 10.1 Å². The van der Waals surface area contributed by atoms with Crippen molar-refractivity contribution in [2.24, 2.45) is 0 Å². The topological polar surface area (TPSA) is 56.1 Å². The Kier molecular flexibility index (Phi) is 4.79. The van der Waals surface area contributed by atoms with Gasteiger partial charge in [0, 0.05) is 6.20 Å². The van der Waals surface area contributed by atoms with Crippen LogP contribution >= 0.6 is 15.9 Å². The standard InChI is InChI=1S/C14H16BrN3O2/c1-3-20-13-7-5-4-6-12(13)17-14(19)10(2)18-9-11(15)8-16-18/h4-10H,3H2,1-2H3,(H,17,19). The molecule has 1 atom stereocenters. The van der Waals surface area contributed by atoms with Crippen molar-refractivity contribution in [1.82, 2.24) is 9.78 Å². The van der Waals surface area contributed by atoms with Crippen LogP contribution in [0.15, 0.2) is 41.1 Å². The van der Waals surface area contributed by atoms with Crippen molar-refractivity contribution in [3.63, 3.8) is 0 Å². The van der Waals surface area contributed by atoms with Crippen LogP contribution in [0, 0.1) is 0 Å². The van der Waals surface area contributed by atoms with E-state index < -0.39 is 6.04 Å². The smallest absolute Gasteiger partial charge is 0.249 e. The molecule has 1 unspecified atom stereocenters. The highest BCUT2D eigenvalue weighted by Gasteiger charge is 2.17. The molecule has 6 heteroatoms. The van der Waals surface area contributed by atoms with Crippen molar-refractivity contribution in [2.75, 3.05) is 11.9 Å². The van der Waals surface area contributed by atoms with Gasteiger partial charge >= 0.3 is 0 Å². The molecular formula is C14H16BrN3O2. The van der Waals surface area contributed by atoms with Gasteiger partial charge in [0.15, 0.2) is 0 Å². The highest BCUT2D eigenvalue weighted by molar-refractivity contribution is 9.10. The van der Waals surface area contributed by atoms with Crippen LogP contribution in [-0.2, 0) is 4.79 Å². The monoisotopic (exact) mass is 337 g/mol. The number of nitrogens with one attached hydrogen (secondary N) is 1. The number of benzene rings is 1. The number of amides is 1. The molecule has 0 aliphatic rings. The SMILES string of the molecule is CCOc1ccccc1NC(=O)C(C)n1cc(Br)cn1. The van der Waals surface area contributed by atoms with E-state index in [2.05, 4.69) is 26.3 Å². The third-order valence-electron chi connectivity index (χ3n) is 2.79. The van der Waals surface area contributed by atoms with Crippen molar-refractivity contribution in [2.45, 2.75) is 19.9 Å². The Bertz CT molecular complexity index is 598. The van der Waals surface area contributed by atoms with Gasteiger partial charge in [-0.2, -0.15) is 5.10 Å². The molecule has 20 heavy (non-hydrogen) atoms. The molecule has 0 aliphatic carbocycles. The molecule has 0 saturated carbocycles. The zero-order valence-electron chi connectivity index (χ0n) is 11.3. The third-order valence-corrected chi connectivity index (χ3v) is 3.20. The predicted molar refractivity (Wildman–Crippen MR) is 80.9 cm³/mol. The summed E-state index contributed by atoms with van der Waals surface area (Å²) in [5.74, 6) is 0.518. The maximum absolute atomic E-state index is 12.2. The largest absolute Gasteiger partial charge is 0.492 e. The molecule has 106 valence electrons. The lowest BCUT2D eigenvalue weighted by atomic mass is 10.2. The number of ether oxygens (including phenoxy) is 1. The second kappa shape index (κ2) is 6.56. The van der Waals surface area contributed by atoms with E-state index in [-0.39, 0.29) is 5.91 Å². The minimum absolute atomic E-state index is 0.146. The van der Waals surface area contributed by atoms with Crippen molar-refractivity contribution < 1.29 is 9.53 Å². The number of anilines is 1. The number of hydrogen-bond acceptors (Lipinski definition) is 3. The zero-order valence-corrected chi connectivity index (χ0v) is 12.9. The van der Waals surface area contributed by atoms with Crippen LogP contribution < -0.4 is 10.1 Å². The van der Waals surface area contributed by atoms with Gasteiger partial charge in [-0.3, -0.25) is 9.48 Å². The van der Waals surface area contributed by atoms with Crippen LogP contribution in [0.5, 0.6) is 5.75 Å². The van der Waals surface area contributed by atoms with Crippen LogP contribution in [-0.4, -0.2) is 22.3 Å². The summed E-state index contributed by atoms with van der Waals surface area (Å²) in [5, 5.41) is 6.98. The minimum Gasteiger partial charge on any atom is -0.492 e. The molecule has 1 heterocycles. The van der Waals surface area contributed by atoms with Gasteiger partial charge in [0.2, 0.25) is 5.91 Å². The minimum atomic E-state index is -0.406. The van der Waals surface area contributed by atoms with Crippen LogP contribution in [0.4, 0.5) is 5.69 Å². The number of para-hydroxylation sites is 2. The maximum atomic E-state index is 12.2. The lowest BCUT2D eigenvalue weighted by Gasteiger charge is -2.15. The molecule has 1 N–H and O–H groups in total. The van der Waals surface area contributed by atoms with Crippen molar-refractivity contribution in [1.29, 1.82) is 0 Å². The molecule has 0 radical (unpaired) electrons. The van der Waals surface area contributed by atoms with E-state index in [1.54, 1.807) is 24.0 Å². The van der Waals surface area contributed by atoms with E-state index in [1.807, 2.05) is 31.2 Å². The second-order valence-corrected chi connectivity index (χ2v) is 5.15. The Hall–Kier alpha value is -1.82. The van der Waals surface area contributed by atoms with Crippen molar-refractivity contribution >= 4 is 27.5 Å². The first kappa shape index (κ1) is 14.6. The highest BCUT2D eigenvalue weighted by Crippen LogP contribution is 2.24. The third kappa shape index (κ3) is 3.39. The normalized spacial score (nSPS) is 11.9. The predicted octanol–water partition coefficient (Wildman–Crippen LogP) is 3.24. The Morgan fingerprint density at radius 1 is 1.50 bits per heavy atom. The Morgan fingerprint density at radius 2 is 2.25 bits per heavy atom. The quantitative estimate of drug-likeness (QED) is 0.911. The van der Waals surface area contributed by atoms with E-state index in [4.69, 9.17) is 4.74 Å². The van der Waals surface area contributed by atoms with Crippen molar-refractivity contribution in [3.8, 4) is 5.75 Å². The first-order valence-corrected chi connectivity index (χ1v) is 7.13. The number of rotatable bonds is 5. The van der Waals surface area contributed by atoms with E-state index in [9.17, 15) is 4.79 Å². The molecule has 1 aromatic carbocycles. The summed E-state index contributed by atoms with van der Waals surface area (Å²) < 4.78 is 7.92. The molecule has 0 spiro atoms. The van der Waals surface area contributed by atoms with Gasteiger partial charge in [-0.15, -0.1) is 0 Å². The van der Waals surface area contributed by atoms with Crippen LogP contribution in [0.3, 0.4) is 0 Å². The zero-order chi connectivity index (χ0) is 14.5. The Morgan fingerprint density at radius 3 is 2.90 bits per heavy atom. The van der Waals surface area contributed by atoms with Gasteiger partial charge in [0.1, 0.15) is 11.8 Å². The summed E-state index contributed by atoms with van der Waals surface area (Å²) in [4.78, 5) is 12.2. The molecule has 0 bridgehead atoms. The van der Waals surface area contributed by atoms with Gasteiger partial charge in [0.05, 0.1) is 23.0 Å². The summed E-state index contributed by atoms with van der Waals surface area (Å²) in [6, 6.07) is 6.96. The average Bonchev–Trinajstić information content (AvgIpc) is 2.87. The Balaban J connectivity index is 2.11. The van der Waals surface area contributed by atoms with Gasteiger partial charge in [-0.1, -0.05) is 12.1 Å². The molecule has 2 aromatic rings. The highest BCUT2D eigenvalue weighted by atomic mass is 79.9. The molecule has 0 aliphatic heterocycles. The molecule has 5 nitrogen and oxygen atoms in total. The first-order chi connectivity index (χ1) is 9.61. The number of carbonyl (C=O) groups excluding carboxylic acids is 1. The van der Waals surface area contributed by atoms with E-state index in [0.29, 0.717) is 18.0 Å². The average molecular weight is 338 g/mol. The van der Waals surface area contributed by atoms with E-state index in [1.165, 1.54) is 0 Å². The fourth-order valence-corrected chi connectivity index (χ4v) is 2.04. The van der Waals surface area contributed by atoms with Gasteiger partial charge in [-0.25, -0.2) is 0 Å². The summed E-state index contributed by atoms with van der Waals surface area (Å²) in [5.41, 5.74) is 0.664. The molecule has 1 aromatic heterocycles. The number of hydrogen-bond donors (Lipinski definition) is 1. The molecule has 0 fully saturated rings. The lowest BCUT2D eigenvalue weighted by Crippen LogP contribution is -2.24. The van der Waals surface area contributed by atoms with E-state index >= 15 is 0 Å². The Labute approximate surface area is 126 Å². The van der Waals surface area contributed by atoms with E-state index in [0.717, 1.165) is 4.47 Å². The summed E-state index contributed by atoms with van der Waals surface area (Å²) in [7, 11) is 0. The number of nitrogens with zero attached hydrogens (tertiary/aromatic N) is 2. The molecule has 0 saturated heterocycles. The number of halogens is 1.